The summed E-state index contributed by atoms with van der Waals surface area (Å²) in [6.07, 6.45) is 6.69. The number of aromatic nitrogens is 3. The van der Waals surface area contributed by atoms with Crippen LogP contribution in [0, 0.1) is 0 Å². The molecule has 0 unspecified atom stereocenters. The van der Waals surface area contributed by atoms with Crippen molar-refractivity contribution in [1.82, 2.24) is 20.1 Å². The van der Waals surface area contributed by atoms with E-state index in [9.17, 15) is 4.79 Å². The molecule has 1 N–H and O–H groups in total. The lowest BCUT2D eigenvalue weighted by molar-refractivity contribution is 0.0950. The van der Waals surface area contributed by atoms with Crippen molar-refractivity contribution in [2.75, 3.05) is 18.0 Å². The molecule has 1 fully saturated rings. The van der Waals surface area contributed by atoms with E-state index in [2.05, 4.69) is 20.3 Å². The first-order valence-corrected chi connectivity index (χ1v) is 9.86. The molecule has 0 radical (unpaired) electrons. The molecule has 28 heavy (non-hydrogen) atoms. The third-order valence-electron chi connectivity index (χ3n) is 5.14. The van der Waals surface area contributed by atoms with Crippen molar-refractivity contribution in [3.8, 4) is 5.69 Å². The second kappa shape index (κ2) is 8.25. The molecule has 0 atom stereocenters. The number of hydrogen-bond acceptors (Lipinski definition) is 4. The topological polar surface area (TPSA) is 63.1 Å². The van der Waals surface area contributed by atoms with Crippen LogP contribution in [-0.2, 0) is 13.0 Å². The molecule has 6 heteroatoms. The van der Waals surface area contributed by atoms with E-state index in [4.69, 9.17) is 0 Å². The molecular weight excluding hydrogens is 350 g/mol. The van der Waals surface area contributed by atoms with Gasteiger partial charge in [0.2, 0.25) is 0 Å². The maximum Gasteiger partial charge on any atom is 0.255 e. The average Bonchev–Trinajstić information content (AvgIpc) is 3.43. The van der Waals surface area contributed by atoms with E-state index in [1.807, 2.05) is 60.3 Å². The molecule has 0 aliphatic carbocycles. The Morgan fingerprint density at radius 2 is 1.86 bits per heavy atom. The van der Waals surface area contributed by atoms with Crippen molar-refractivity contribution in [2.24, 2.45) is 0 Å². The largest absolute Gasteiger partial charge is 0.357 e. The summed E-state index contributed by atoms with van der Waals surface area (Å²) in [5.74, 6) is 0.910. The van der Waals surface area contributed by atoms with Crippen LogP contribution in [-0.4, -0.2) is 33.8 Å². The number of nitrogens with zero attached hydrogens (tertiary/aromatic N) is 4. The molecule has 2 aromatic heterocycles. The maximum atomic E-state index is 12.7. The van der Waals surface area contributed by atoms with Crippen molar-refractivity contribution >= 4 is 11.7 Å². The highest BCUT2D eigenvalue weighted by Crippen LogP contribution is 2.18. The van der Waals surface area contributed by atoms with Crippen LogP contribution in [0.2, 0.25) is 0 Å². The Hall–Kier alpha value is -3.15. The zero-order valence-electron chi connectivity index (χ0n) is 16.1. The van der Waals surface area contributed by atoms with Crippen molar-refractivity contribution in [2.45, 2.75) is 32.7 Å². The van der Waals surface area contributed by atoms with Crippen molar-refractivity contribution in [3.05, 3.63) is 71.7 Å². The van der Waals surface area contributed by atoms with E-state index < -0.39 is 0 Å². The van der Waals surface area contributed by atoms with Gasteiger partial charge in [-0.1, -0.05) is 31.2 Å². The number of anilines is 1. The first-order valence-electron chi connectivity index (χ1n) is 9.86. The minimum absolute atomic E-state index is 0.109. The molecule has 1 aliphatic heterocycles. The summed E-state index contributed by atoms with van der Waals surface area (Å²) in [5, 5.41) is 7.42. The number of nitrogens with one attached hydrogen (secondary N) is 1. The van der Waals surface area contributed by atoms with Gasteiger partial charge in [0.25, 0.3) is 5.91 Å². The lowest BCUT2D eigenvalue weighted by atomic mass is 10.2. The number of para-hydroxylation sites is 1. The first-order chi connectivity index (χ1) is 13.8. The normalized spacial score (nSPS) is 13.7. The van der Waals surface area contributed by atoms with E-state index in [1.54, 1.807) is 6.20 Å². The highest BCUT2D eigenvalue weighted by Gasteiger charge is 2.17. The van der Waals surface area contributed by atoms with Crippen LogP contribution in [0.15, 0.2) is 54.9 Å². The van der Waals surface area contributed by atoms with Crippen LogP contribution < -0.4 is 10.2 Å². The molecule has 1 saturated heterocycles. The number of carbonyl (C=O) groups excluding carboxylic acids is 1. The Kier molecular flexibility index (Phi) is 5.37. The Bertz CT molecular complexity index is 927. The summed E-state index contributed by atoms with van der Waals surface area (Å²) in [7, 11) is 0. The van der Waals surface area contributed by atoms with Crippen LogP contribution in [0.1, 0.15) is 41.4 Å². The van der Waals surface area contributed by atoms with Gasteiger partial charge in [-0.3, -0.25) is 4.79 Å². The maximum absolute atomic E-state index is 12.7. The molecule has 144 valence electrons. The number of pyridine rings is 1. The van der Waals surface area contributed by atoms with Crippen LogP contribution in [0.25, 0.3) is 5.69 Å². The summed E-state index contributed by atoms with van der Waals surface area (Å²) in [4.78, 5) is 19.6. The molecule has 3 heterocycles. The Morgan fingerprint density at radius 1 is 1.07 bits per heavy atom. The fourth-order valence-corrected chi connectivity index (χ4v) is 3.63. The minimum Gasteiger partial charge on any atom is -0.357 e. The molecule has 6 nitrogen and oxygen atoms in total. The third-order valence-corrected chi connectivity index (χ3v) is 5.14. The highest BCUT2D eigenvalue weighted by atomic mass is 16.1. The van der Waals surface area contributed by atoms with Gasteiger partial charge < -0.3 is 10.2 Å². The number of rotatable bonds is 6. The summed E-state index contributed by atoms with van der Waals surface area (Å²) < 4.78 is 1.83. The summed E-state index contributed by atoms with van der Waals surface area (Å²) in [6.45, 7) is 4.64. The lowest BCUT2D eigenvalue weighted by Gasteiger charge is -2.16. The number of carbonyl (C=O) groups is 1. The summed E-state index contributed by atoms with van der Waals surface area (Å²) in [6, 6.07) is 14.0. The second-order valence-corrected chi connectivity index (χ2v) is 7.01. The molecular formula is C22H25N5O. The molecule has 0 saturated carbocycles. The van der Waals surface area contributed by atoms with Crippen molar-refractivity contribution < 1.29 is 4.79 Å². The monoisotopic (exact) mass is 375 g/mol. The van der Waals surface area contributed by atoms with Crippen LogP contribution >= 0.6 is 0 Å². The van der Waals surface area contributed by atoms with Crippen molar-refractivity contribution in [1.29, 1.82) is 0 Å². The molecule has 1 aromatic carbocycles. The molecule has 0 bridgehead atoms. The standard InChI is InChI=1S/C22H25N5O/c1-2-20-19(16-25-27(20)18-8-4-3-5-9-18)22(28)24-15-17-10-11-21(23-14-17)26-12-6-7-13-26/h3-5,8-11,14,16H,2,6-7,12-13,15H2,1H3,(H,24,28). The number of hydrogen-bond donors (Lipinski definition) is 1. The number of amides is 1. The van der Waals surface area contributed by atoms with E-state index in [0.29, 0.717) is 12.1 Å². The van der Waals surface area contributed by atoms with E-state index in [-0.39, 0.29) is 5.91 Å². The molecule has 0 spiro atoms. The fraction of sp³-hybridized carbons (Fsp3) is 0.318. The second-order valence-electron chi connectivity index (χ2n) is 7.01. The van der Waals surface area contributed by atoms with Crippen LogP contribution in [0.4, 0.5) is 5.82 Å². The predicted octanol–water partition coefficient (Wildman–Crippen LogP) is 3.36. The van der Waals surface area contributed by atoms with Gasteiger partial charge in [0.1, 0.15) is 5.82 Å². The van der Waals surface area contributed by atoms with Gasteiger partial charge in [0, 0.05) is 25.8 Å². The highest BCUT2D eigenvalue weighted by molar-refractivity contribution is 5.95. The van der Waals surface area contributed by atoms with Gasteiger partial charge in [-0.25, -0.2) is 9.67 Å². The number of benzene rings is 1. The SMILES string of the molecule is CCc1c(C(=O)NCc2ccc(N3CCCC3)nc2)cnn1-c1ccccc1. The van der Waals surface area contributed by atoms with E-state index >= 15 is 0 Å². The summed E-state index contributed by atoms with van der Waals surface area (Å²) in [5.41, 5.74) is 3.48. The van der Waals surface area contributed by atoms with Gasteiger partial charge in [0.05, 0.1) is 23.1 Å². The zero-order chi connectivity index (χ0) is 19.3. The molecule has 3 aromatic rings. The van der Waals surface area contributed by atoms with Crippen molar-refractivity contribution in [3.63, 3.8) is 0 Å². The third kappa shape index (κ3) is 3.76. The minimum atomic E-state index is -0.109. The lowest BCUT2D eigenvalue weighted by Crippen LogP contribution is -2.24. The van der Waals surface area contributed by atoms with E-state index in [1.165, 1.54) is 12.8 Å². The smallest absolute Gasteiger partial charge is 0.255 e. The first kappa shape index (κ1) is 18.2. The van der Waals surface area contributed by atoms with E-state index in [0.717, 1.165) is 42.3 Å². The Balaban J connectivity index is 1.43. The molecule has 1 amide bonds. The zero-order valence-corrected chi connectivity index (χ0v) is 16.1. The molecule has 4 rings (SSSR count). The molecule has 1 aliphatic rings. The van der Waals surface area contributed by atoms with Gasteiger partial charge >= 0.3 is 0 Å². The van der Waals surface area contributed by atoms with Gasteiger partial charge in [-0.2, -0.15) is 5.10 Å². The fourth-order valence-electron chi connectivity index (χ4n) is 3.63. The predicted molar refractivity (Wildman–Crippen MR) is 110 cm³/mol. The average molecular weight is 375 g/mol. The Labute approximate surface area is 165 Å². The summed E-state index contributed by atoms with van der Waals surface area (Å²) >= 11 is 0. The van der Waals surface area contributed by atoms with Crippen LogP contribution in [0.3, 0.4) is 0 Å². The Morgan fingerprint density at radius 3 is 2.54 bits per heavy atom. The van der Waals surface area contributed by atoms with Gasteiger partial charge in [-0.05, 0) is 43.0 Å². The van der Waals surface area contributed by atoms with Gasteiger partial charge in [0.15, 0.2) is 0 Å². The quantitative estimate of drug-likeness (QED) is 0.718. The van der Waals surface area contributed by atoms with Crippen LogP contribution in [0.5, 0.6) is 0 Å². The van der Waals surface area contributed by atoms with Gasteiger partial charge in [-0.15, -0.1) is 0 Å².